The molecule has 0 spiro atoms. The van der Waals surface area contributed by atoms with E-state index in [-0.39, 0.29) is 6.04 Å². The Morgan fingerprint density at radius 3 is 2.84 bits per heavy atom. The summed E-state index contributed by atoms with van der Waals surface area (Å²) < 4.78 is 5.44. The minimum atomic E-state index is 0.0600. The number of hydrogen-bond acceptors (Lipinski definition) is 4. The first-order chi connectivity index (χ1) is 9.15. The van der Waals surface area contributed by atoms with Crippen LogP contribution < -0.4 is 10.1 Å². The highest BCUT2D eigenvalue weighted by Gasteiger charge is 2.19. The molecule has 0 amide bonds. The van der Waals surface area contributed by atoms with Crippen molar-refractivity contribution in [3.63, 3.8) is 0 Å². The van der Waals surface area contributed by atoms with Gasteiger partial charge in [-0.05, 0) is 31.7 Å². The second-order valence-corrected chi connectivity index (χ2v) is 5.86. The van der Waals surface area contributed by atoms with Gasteiger partial charge in [0.2, 0.25) is 0 Å². The zero-order valence-corrected chi connectivity index (χ0v) is 12.8. The van der Waals surface area contributed by atoms with Crippen LogP contribution in [-0.2, 0) is 0 Å². The molecule has 0 radical (unpaired) electrons. The maximum absolute atomic E-state index is 6.12. The molecule has 0 saturated heterocycles. The van der Waals surface area contributed by atoms with Gasteiger partial charge in [0.25, 0.3) is 0 Å². The zero-order valence-electron chi connectivity index (χ0n) is 11.2. The minimum Gasteiger partial charge on any atom is -0.496 e. The monoisotopic (exact) mass is 296 g/mol. The Morgan fingerprint density at radius 1 is 1.47 bits per heavy atom. The molecule has 1 N–H and O–H groups in total. The SMILES string of the molecule is CCNC(c1cnc(C)s1)c1cc(Cl)ccc1OC. The molecule has 5 heteroatoms. The third-order valence-electron chi connectivity index (χ3n) is 2.83. The zero-order chi connectivity index (χ0) is 13.8. The van der Waals surface area contributed by atoms with Crippen LogP contribution in [0.25, 0.3) is 0 Å². The fraction of sp³-hybridized carbons (Fsp3) is 0.357. The fourth-order valence-electron chi connectivity index (χ4n) is 2.01. The van der Waals surface area contributed by atoms with E-state index in [9.17, 15) is 0 Å². The molecule has 2 aromatic rings. The third-order valence-corrected chi connectivity index (χ3v) is 4.05. The van der Waals surface area contributed by atoms with E-state index in [2.05, 4.69) is 17.2 Å². The predicted molar refractivity (Wildman–Crippen MR) is 80.4 cm³/mol. The second kappa shape index (κ2) is 6.37. The average Bonchev–Trinajstić information content (AvgIpc) is 2.82. The molecular weight excluding hydrogens is 280 g/mol. The molecule has 0 aliphatic rings. The van der Waals surface area contributed by atoms with Gasteiger partial charge >= 0.3 is 0 Å². The van der Waals surface area contributed by atoms with Crippen LogP contribution in [0.4, 0.5) is 0 Å². The molecule has 1 aromatic carbocycles. The van der Waals surface area contributed by atoms with Crippen LogP contribution in [0.15, 0.2) is 24.4 Å². The molecule has 3 nitrogen and oxygen atoms in total. The van der Waals surface area contributed by atoms with Gasteiger partial charge in [0.1, 0.15) is 5.75 Å². The van der Waals surface area contributed by atoms with E-state index in [1.165, 1.54) is 4.88 Å². The number of rotatable bonds is 5. The van der Waals surface area contributed by atoms with Gasteiger partial charge in [-0.1, -0.05) is 18.5 Å². The van der Waals surface area contributed by atoms with E-state index in [1.54, 1.807) is 18.4 Å². The molecular formula is C14H17ClN2OS. The van der Waals surface area contributed by atoms with Crippen LogP contribution in [0.3, 0.4) is 0 Å². The van der Waals surface area contributed by atoms with Crippen LogP contribution in [0.2, 0.25) is 5.02 Å². The lowest BCUT2D eigenvalue weighted by Crippen LogP contribution is -2.21. The van der Waals surface area contributed by atoms with Gasteiger partial charge in [0, 0.05) is 21.7 Å². The Balaban J connectivity index is 2.46. The number of hydrogen-bond donors (Lipinski definition) is 1. The van der Waals surface area contributed by atoms with Crippen LogP contribution in [0.5, 0.6) is 5.75 Å². The molecule has 102 valence electrons. The van der Waals surface area contributed by atoms with Gasteiger partial charge in [-0.2, -0.15) is 0 Å². The van der Waals surface area contributed by atoms with Gasteiger partial charge in [0.15, 0.2) is 0 Å². The van der Waals surface area contributed by atoms with Crippen LogP contribution >= 0.6 is 22.9 Å². The number of nitrogens with zero attached hydrogens (tertiary/aromatic N) is 1. The first-order valence-corrected chi connectivity index (χ1v) is 7.34. The minimum absolute atomic E-state index is 0.0600. The van der Waals surface area contributed by atoms with Gasteiger partial charge in [0.05, 0.1) is 18.2 Å². The Labute approximate surface area is 122 Å². The number of ether oxygens (including phenoxy) is 1. The maximum atomic E-state index is 6.12. The Hall–Kier alpha value is -1.10. The van der Waals surface area contributed by atoms with E-state index in [1.807, 2.05) is 31.3 Å². The lowest BCUT2D eigenvalue weighted by atomic mass is 10.0. The van der Waals surface area contributed by atoms with Gasteiger partial charge in [-0.15, -0.1) is 11.3 Å². The van der Waals surface area contributed by atoms with E-state index < -0.39 is 0 Å². The molecule has 2 rings (SSSR count). The van der Waals surface area contributed by atoms with E-state index in [4.69, 9.17) is 16.3 Å². The summed E-state index contributed by atoms with van der Waals surface area (Å²) in [4.78, 5) is 5.49. The summed E-state index contributed by atoms with van der Waals surface area (Å²) in [5.74, 6) is 0.835. The van der Waals surface area contributed by atoms with Crippen molar-refractivity contribution in [3.05, 3.63) is 44.9 Å². The number of aromatic nitrogens is 1. The van der Waals surface area contributed by atoms with Crippen molar-refractivity contribution in [2.75, 3.05) is 13.7 Å². The largest absolute Gasteiger partial charge is 0.496 e. The van der Waals surface area contributed by atoms with Crippen molar-refractivity contribution < 1.29 is 4.74 Å². The standard InChI is InChI=1S/C14H17ClN2OS/c1-4-16-14(13-8-17-9(2)19-13)11-7-10(15)5-6-12(11)18-3/h5-8,14,16H,4H2,1-3H3. The molecule has 1 unspecified atom stereocenters. The number of methoxy groups -OCH3 is 1. The molecule has 19 heavy (non-hydrogen) atoms. The highest BCUT2D eigenvalue weighted by molar-refractivity contribution is 7.11. The van der Waals surface area contributed by atoms with Crippen LogP contribution in [0, 0.1) is 6.92 Å². The topological polar surface area (TPSA) is 34.2 Å². The van der Waals surface area contributed by atoms with Crippen molar-refractivity contribution >= 4 is 22.9 Å². The fourth-order valence-corrected chi connectivity index (χ4v) is 3.07. The normalized spacial score (nSPS) is 12.4. The summed E-state index contributed by atoms with van der Waals surface area (Å²) in [6.07, 6.45) is 1.91. The summed E-state index contributed by atoms with van der Waals surface area (Å²) in [5.41, 5.74) is 1.04. The molecule has 0 aliphatic heterocycles. The van der Waals surface area contributed by atoms with E-state index in [0.717, 1.165) is 22.9 Å². The van der Waals surface area contributed by atoms with E-state index in [0.29, 0.717) is 5.02 Å². The van der Waals surface area contributed by atoms with Gasteiger partial charge in [-0.25, -0.2) is 4.98 Å². The van der Waals surface area contributed by atoms with Crippen molar-refractivity contribution in [1.29, 1.82) is 0 Å². The number of benzene rings is 1. The molecule has 0 saturated carbocycles. The van der Waals surface area contributed by atoms with Crippen LogP contribution in [0.1, 0.15) is 28.4 Å². The summed E-state index contributed by atoms with van der Waals surface area (Å²) in [6, 6.07) is 5.74. The van der Waals surface area contributed by atoms with Crippen molar-refractivity contribution in [2.45, 2.75) is 19.9 Å². The van der Waals surface area contributed by atoms with Crippen molar-refractivity contribution in [3.8, 4) is 5.75 Å². The first kappa shape index (κ1) is 14.3. The number of nitrogens with one attached hydrogen (secondary N) is 1. The molecule has 1 aromatic heterocycles. The smallest absolute Gasteiger partial charge is 0.124 e. The Bertz CT molecular complexity index is 556. The Kier molecular flexibility index (Phi) is 4.80. The van der Waals surface area contributed by atoms with E-state index >= 15 is 0 Å². The maximum Gasteiger partial charge on any atom is 0.124 e. The molecule has 1 atom stereocenters. The van der Waals surface area contributed by atoms with Gasteiger partial charge in [-0.3, -0.25) is 0 Å². The number of thiazole rings is 1. The highest BCUT2D eigenvalue weighted by Crippen LogP contribution is 2.34. The third kappa shape index (κ3) is 3.26. The lowest BCUT2D eigenvalue weighted by molar-refractivity contribution is 0.404. The summed E-state index contributed by atoms with van der Waals surface area (Å²) in [6.45, 7) is 4.95. The lowest BCUT2D eigenvalue weighted by Gasteiger charge is -2.19. The molecule has 0 bridgehead atoms. The highest BCUT2D eigenvalue weighted by atomic mass is 35.5. The first-order valence-electron chi connectivity index (χ1n) is 6.14. The number of halogens is 1. The summed E-state index contributed by atoms with van der Waals surface area (Å²) >= 11 is 7.80. The molecule has 1 heterocycles. The average molecular weight is 297 g/mol. The number of aryl methyl sites for hydroxylation is 1. The van der Waals surface area contributed by atoms with Crippen molar-refractivity contribution in [1.82, 2.24) is 10.3 Å². The van der Waals surface area contributed by atoms with Crippen LogP contribution in [-0.4, -0.2) is 18.6 Å². The second-order valence-electron chi connectivity index (χ2n) is 4.16. The van der Waals surface area contributed by atoms with Crippen molar-refractivity contribution in [2.24, 2.45) is 0 Å². The predicted octanol–water partition coefficient (Wildman–Crippen LogP) is 3.81. The molecule has 0 fully saturated rings. The summed E-state index contributed by atoms with van der Waals surface area (Å²) in [5, 5.41) is 5.23. The van der Waals surface area contributed by atoms with Gasteiger partial charge < -0.3 is 10.1 Å². The molecule has 0 aliphatic carbocycles. The summed E-state index contributed by atoms with van der Waals surface area (Å²) in [7, 11) is 1.67. The quantitative estimate of drug-likeness (QED) is 0.911. The Morgan fingerprint density at radius 2 is 2.26 bits per heavy atom.